The molecule has 1 aromatic rings. The second kappa shape index (κ2) is 7.85. The first-order valence-corrected chi connectivity index (χ1v) is 7.39. The molecule has 0 atom stereocenters. The molecular weight excluding hydrogens is 307 g/mol. The number of hydrogen-bond acceptors (Lipinski definition) is 3. The van der Waals surface area contributed by atoms with E-state index in [0.717, 1.165) is 18.9 Å². The van der Waals surface area contributed by atoms with E-state index in [1.807, 2.05) is 0 Å². The van der Waals surface area contributed by atoms with Gasteiger partial charge in [-0.3, -0.25) is 4.99 Å². The van der Waals surface area contributed by atoms with Crippen LogP contribution in [0.15, 0.2) is 35.5 Å². The van der Waals surface area contributed by atoms with Gasteiger partial charge in [-0.2, -0.15) is 13.2 Å². The van der Waals surface area contributed by atoms with Crippen LogP contribution in [-0.2, 0) is 6.18 Å². The molecule has 0 saturated heterocycles. The van der Waals surface area contributed by atoms with Crippen molar-refractivity contribution >= 4 is 11.8 Å². The summed E-state index contributed by atoms with van der Waals surface area (Å²) in [6.07, 6.45) is 3.01. The number of aromatic nitrogens is 1. The molecule has 3 N–H and O–H groups in total. The number of guanidine groups is 1. The zero-order chi connectivity index (χ0) is 16.7. The molecule has 1 aliphatic rings. The highest BCUT2D eigenvalue weighted by Crippen LogP contribution is 2.33. The number of hydrogen-bond donors (Lipinski definition) is 3. The minimum Gasteiger partial charge on any atom is -0.368 e. The molecule has 0 fully saturated rings. The van der Waals surface area contributed by atoms with E-state index < -0.39 is 11.7 Å². The average molecular weight is 327 g/mol. The molecule has 1 aromatic heterocycles. The first kappa shape index (κ1) is 17.1. The SMILES string of the molecule is CN=C(NCCNc1ncccc1C(F)(F)F)NC1CC=CC1. The number of nitrogens with one attached hydrogen (secondary N) is 3. The van der Waals surface area contributed by atoms with E-state index in [1.165, 1.54) is 12.3 Å². The van der Waals surface area contributed by atoms with Gasteiger partial charge in [0.05, 0.1) is 5.56 Å². The molecule has 23 heavy (non-hydrogen) atoms. The van der Waals surface area contributed by atoms with Crippen LogP contribution in [0, 0.1) is 0 Å². The highest BCUT2D eigenvalue weighted by Gasteiger charge is 2.33. The lowest BCUT2D eigenvalue weighted by Crippen LogP contribution is -2.43. The lowest BCUT2D eigenvalue weighted by Gasteiger charge is -2.17. The van der Waals surface area contributed by atoms with Crippen LogP contribution in [0.3, 0.4) is 0 Å². The van der Waals surface area contributed by atoms with E-state index in [9.17, 15) is 13.2 Å². The van der Waals surface area contributed by atoms with Gasteiger partial charge in [0.25, 0.3) is 0 Å². The van der Waals surface area contributed by atoms with Gasteiger partial charge in [-0.05, 0) is 25.0 Å². The smallest absolute Gasteiger partial charge is 0.368 e. The number of alkyl halides is 3. The van der Waals surface area contributed by atoms with Crippen molar-refractivity contribution in [3.05, 3.63) is 36.0 Å². The Balaban J connectivity index is 1.79. The molecule has 5 nitrogen and oxygen atoms in total. The predicted octanol–water partition coefficient (Wildman–Crippen LogP) is 2.40. The maximum atomic E-state index is 12.8. The first-order chi connectivity index (χ1) is 11.0. The van der Waals surface area contributed by atoms with Gasteiger partial charge in [-0.25, -0.2) is 4.98 Å². The van der Waals surface area contributed by atoms with Gasteiger partial charge in [0.15, 0.2) is 5.96 Å². The van der Waals surface area contributed by atoms with E-state index in [-0.39, 0.29) is 5.82 Å². The number of pyridine rings is 1. The molecule has 8 heteroatoms. The van der Waals surface area contributed by atoms with Crippen molar-refractivity contribution in [3.8, 4) is 0 Å². The Bertz CT molecular complexity index is 560. The maximum absolute atomic E-state index is 12.8. The van der Waals surface area contributed by atoms with Gasteiger partial charge in [0, 0.05) is 32.4 Å². The molecule has 0 amide bonds. The van der Waals surface area contributed by atoms with Crippen molar-refractivity contribution < 1.29 is 13.2 Å². The molecule has 126 valence electrons. The van der Waals surface area contributed by atoms with Crippen LogP contribution in [0.4, 0.5) is 19.0 Å². The summed E-state index contributed by atoms with van der Waals surface area (Å²) in [4.78, 5) is 7.85. The van der Waals surface area contributed by atoms with Gasteiger partial charge in [0.1, 0.15) is 5.82 Å². The third-order valence-corrected chi connectivity index (χ3v) is 3.40. The minimum absolute atomic E-state index is 0.162. The predicted molar refractivity (Wildman–Crippen MR) is 84.4 cm³/mol. The number of aliphatic imine (C=N–C) groups is 1. The van der Waals surface area contributed by atoms with Crippen molar-refractivity contribution in [3.63, 3.8) is 0 Å². The summed E-state index contributed by atoms with van der Waals surface area (Å²) in [5.41, 5.74) is -0.764. The van der Waals surface area contributed by atoms with Crippen molar-refractivity contribution in [2.24, 2.45) is 4.99 Å². The lowest BCUT2D eigenvalue weighted by atomic mass is 10.2. The Morgan fingerprint density at radius 3 is 2.70 bits per heavy atom. The normalized spacial score (nSPS) is 15.7. The fourth-order valence-corrected chi connectivity index (χ4v) is 2.26. The van der Waals surface area contributed by atoms with Gasteiger partial charge < -0.3 is 16.0 Å². The fraction of sp³-hybridized carbons (Fsp3) is 0.467. The monoisotopic (exact) mass is 327 g/mol. The Morgan fingerprint density at radius 1 is 1.30 bits per heavy atom. The summed E-state index contributed by atoms with van der Waals surface area (Å²) in [6, 6.07) is 2.60. The van der Waals surface area contributed by atoms with Gasteiger partial charge in [-0.15, -0.1) is 0 Å². The second-order valence-electron chi connectivity index (χ2n) is 5.11. The van der Waals surface area contributed by atoms with Gasteiger partial charge >= 0.3 is 6.18 Å². The van der Waals surface area contributed by atoms with Crippen molar-refractivity contribution in [1.29, 1.82) is 0 Å². The highest BCUT2D eigenvalue weighted by molar-refractivity contribution is 5.80. The third-order valence-electron chi connectivity index (χ3n) is 3.40. The molecule has 0 bridgehead atoms. The largest absolute Gasteiger partial charge is 0.419 e. The van der Waals surface area contributed by atoms with Crippen LogP contribution < -0.4 is 16.0 Å². The Kier molecular flexibility index (Phi) is 5.84. The van der Waals surface area contributed by atoms with Crippen molar-refractivity contribution in [1.82, 2.24) is 15.6 Å². The Morgan fingerprint density at radius 2 is 2.04 bits per heavy atom. The number of nitrogens with zero attached hydrogens (tertiary/aromatic N) is 2. The van der Waals surface area contributed by atoms with Crippen LogP contribution in [0.2, 0.25) is 0 Å². The van der Waals surface area contributed by atoms with Gasteiger partial charge in [-0.1, -0.05) is 12.2 Å². The quantitative estimate of drug-likeness (QED) is 0.336. The topological polar surface area (TPSA) is 61.3 Å². The second-order valence-corrected chi connectivity index (χ2v) is 5.11. The molecule has 0 saturated carbocycles. The van der Waals surface area contributed by atoms with E-state index >= 15 is 0 Å². The lowest BCUT2D eigenvalue weighted by molar-refractivity contribution is -0.137. The first-order valence-electron chi connectivity index (χ1n) is 7.39. The van der Waals surface area contributed by atoms with Crippen LogP contribution in [0.1, 0.15) is 18.4 Å². The standard InChI is InChI=1S/C15H20F3N5/c1-19-14(23-11-5-2-3-6-11)22-10-9-21-13-12(15(16,17)18)7-4-8-20-13/h2-4,7-8,11H,5-6,9-10H2,1H3,(H,20,21)(H2,19,22,23). The molecule has 0 aliphatic heterocycles. The van der Waals surface area contributed by atoms with Crippen LogP contribution in [0.5, 0.6) is 0 Å². The molecule has 0 unspecified atom stereocenters. The minimum atomic E-state index is -4.42. The third kappa shape index (κ3) is 5.15. The zero-order valence-electron chi connectivity index (χ0n) is 12.8. The van der Waals surface area contributed by atoms with Gasteiger partial charge in [0.2, 0.25) is 0 Å². The van der Waals surface area contributed by atoms with E-state index in [1.54, 1.807) is 7.05 Å². The molecule has 0 radical (unpaired) electrons. The number of halogens is 3. The zero-order valence-corrected chi connectivity index (χ0v) is 12.8. The summed E-state index contributed by atoms with van der Waals surface area (Å²) < 4.78 is 38.5. The van der Waals surface area contributed by atoms with E-state index in [4.69, 9.17) is 0 Å². The summed E-state index contributed by atoms with van der Waals surface area (Å²) in [5, 5.41) is 9.02. The van der Waals surface area contributed by atoms with E-state index in [2.05, 4.69) is 38.1 Å². The molecular formula is C15H20F3N5. The summed E-state index contributed by atoms with van der Waals surface area (Å²) >= 11 is 0. The number of rotatable bonds is 5. The maximum Gasteiger partial charge on any atom is 0.419 e. The molecule has 1 heterocycles. The molecule has 0 aromatic carbocycles. The summed E-state index contributed by atoms with van der Waals surface area (Å²) in [6.45, 7) is 0.720. The summed E-state index contributed by atoms with van der Waals surface area (Å²) in [7, 11) is 1.66. The van der Waals surface area contributed by atoms with Crippen LogP contribution in [0.25, 0.3) is 0 Å². The molecule has 1 aliphatic carbocycles. The fourth-order valence-electron chi connectivity index (χ4n) is 2.26. The van der Waals surface area contributed by atoms with Crippen molar-refractivity contribution in [2.45, 2.75) is 25.1 Å². The average Bonchev–Trinajstić information content (AvgIpc) is 3.02. The molecule has 2 rings (SSSR count). The molecule has 0 spiro atoms. The van der Waals surface area contributed by atoms with Crippen LogP contribution in [-0.4, -0.2) is 37.1 Å². The Hall–Kier alpha value is -2.25. The van der Waals surface area contributed by atoms with Crippen molar-refractivity contribution in [2.75, 3.05) is 25.5 Å². The summed E-state index contributed by atoms with van der Waals surface area (Å²) in [5.74, 6) is 0.474. The Labute approximate surface area is 133 Å². The highest BCUT2D eigenvalue weighted by atomic mass is 19.4. The number of anilines is 1. The van der Waals surface area contributed by atoms with Crippen LogP contribution >= 0.6 is 0 Å². The van der Waals surface area contributed by atoms with E-state index in [0.29, 0.717) is 25.1 Å².